The molecule has 0 fully saturated rings. The number of benzene rings is 4. The molecule has 0 atom stereocenters. The van der Waals surface area contributed by atoms with Crippen LogP contribution in [0.5, 0.6) is 11.5 Å². The topological polar surface area (TPSA) is 29.8 Å². The van der Waals surface area contributed by atoms with Crippen LogP contribution in [0.3, 0.4) is 0 Å². The molecular formula is C41H49AuN3O-2. The van der Waals surface area contributed by atoms with Crippen molar-refractivity contribution < 1.29 is 27.1 Å². The van der Waals surface area contributed by atoms with Gasteiger partial charge < -0.3 is 19.9 Å². The van der Waals surface area contributed by atoms with Gasteiger partial charge in [0.25, 0.3) is 0 Å². The predicted octanol–water partition coefficient (Wildman–Crippen LogP) is 12.8. The Morgan fingerprint density at radius 1 is 0.522 bits per heavy atom. The van der Waals surface area contributed by atoms with Crippen molar-refractivity contribution in [1.29, 1.82) is 0 Å². The summed E-state index contributed by atoms with van der Waals surface area (Å²) < 4.78 is 5.85. The zero-order valence-electron chi connectivity index (χ0n) is 29.0. The maximum absolute atomic E-state index is 5.85. The van der Waals surface area contributed by atoms with Crippen LogP contribution < -0.4 is 14.5 Å². The summed E-state index contributed by atoms with van der Waals surface area (Å²) in [5.41, 5.74) is 12.5. The second kappa shape index (κ2) is 15.0. The molecule has 0 bridgehead atoms. The van der Waals surface area contributed by atoms with Crippen molar-refractivity contribution >= 4 is 22.7 Å². The van der Waals surface area contributed by atoms with Gasteiger partial charge >= 0.3 is 0 Å². The van der Waals surface area contributed by atoms with Gasteiger partial charge in [-0.05, 0) is 84.3 Å². The average Bonchev–Trinajstić information content (AvgIpc) is 3.50. The molecule has 0 aromatic heterocycles. The third-order valence-corrected chi connectivity index (χ3v) is 8.68. The summed E-state index contributed by atoms with van der Waals surface area (Å²) in [6.07, 6.45) is 4.43. The molecule has 4 nitrogen and oxygen atoms in total. The molecule has 0 N–H and O–H groups in total. The Balaban J connectivity index is 0.000000238. The van der Waals surface area contributed by atoms with Crippen LogP contribution in [0.1, 0.15) is 112 Å². The molecule has 0 saturated heterocycles. The minimum Gasteiger partial charge on any atom is -0.651 e. The van der Waals surface area contributed by atoms with E-state index in [1.165, 1.54) is 33.6 Å². The van der Waals surface area contributed by atoms with Gasteiger partial charge in [0.05, 0.1) is 0 Å². The molecular weight excluding hydrogens is 747 g/mol. The molecule has 0 saturated carbocycles. The van der Waals surface area contributed by atoms with E-state index in [1.807, 2.05) is 24.3 Å². The van der Waals surface area contributed by atoms with Gasteiger partial charge in [0.2, 0.25) is 0 Å². The van der Waals surface area contributed by atoms with Crippen LogP contribution in [-0.2, 0) is 22.4 Å². The van der Waals surface area contributed by atoms with Crippen LogP contribution >= 0.6 is 0 Å². The minimum absolute atomic E-state index is 0. The van der Waals surface area contributed by atoms with Crippen LogP contribution in [0.4, 0.5) is 22.7 Å². The number of hydrogen-bond acceptors (Lipinski definition) is 3. The Bertz CT molecular complexity index is 1510. The van der Waals surface area contributed by atoms with Crippen LogP contribution in [0, 0.1) is 20.5 Å². The van der Waals surface area contributed by atoms with Crippen LogP contribution in [0.2, 0.25) is 0 Å². The molecule has 247 valence electrons. The Morgan fingerprint density at radius 2 is 0.848 bits per heavy atom. The first kappa shape index (κ1) is 35.4. The van der Waals surface area contributed by atoms with Crippen molar-refractivity contribution in [2.24, 2.45) is 0 Å². The third-order valence-electron chi connectivity index (χ3n) is 8.68. The van der Waals surface area contributed by atoms with Crippen molar-refractivity contribution in [3.8, 4) is 11.5 Å². The van der Waals surface area contributed by atoms with Crippen molar-refractivity contribution in [3.05, 3.63) is 131 Å². The molecule has 0 aliphatic carbocycles. The van der Waals surface area contributed by atoms with Crippen LogP contribution in [-0.4, -0.2) is 0 Å². The van der Waals surface area contributed by atoms with Gasteiger partial charge in [-0.1, -0.05) is 139 Å². The number of aryl methyl sites for hydroxylation is 2. The molecule has 6 rings (SSSR count). The molecule has 2 aliphatic heterocycles. The average molecular weight is 797 g/mol. The van der Waals surface area contributed by atoms with E-state index < -0.39 is 0 Å². The molecule has 2 aliphatic rings. The van der Waals surface area contributed by atoms with E-state index in [2.05, 4.69) is 152 Å². The first-order chi connectivity index (χ1) is 21.5. The van der Waals surface area contributed by atoms with Crippen molar-refractivity contribution in [3.63, 3.8) is 0 Å². The first-order valence-corrected chi connectivity index (χ1v) is 16.4. The van der Waals surface area contributed by atoms with Crippen molar-refractivity contribution in [1.82, 2.24) is 0 Å². The number of hydrogen-bond donors (Lipinski definition) is 0. The number of fused-ring (bicyclic) bond motifs is 2. The fraction of sp³-hybridized carbons (Fsp3) is 0.341. The summed E-state index contributed by atoms with van der Waals surface area (Å²) in [4.78, 5) is 4.65. The van der Waals surface area contributed by atoms with Crippen LogP contribution in [0.15, 0.2) is 85.2 Å². The first-order valence-electron chi connectivity index (χ1n) is 16.4. The molecule has 5 heteroatoms. The van der Waals surface area contributed by atoms with E-state index in [0.29, 0.717) is 23.7 Å². The summed E-state index contributed by atoms with van der Waals surface area (Å²) in [7, 11) is 0. The summed E-state index contributed by atoms with van der Waals surface area (Å²) in [6.45, 7) is 24.6. The maximum atomic E-state index is 5.85. The standard InChI is InChI=1S/C27H37N2.C14H12NO.Au/c1-18(2)22-11-9-12-23(19(3)4)26(22)28-15-16-29(17-28)27-24(20(5)6)13-10-14-25(27)21(7)8;1-9-5-3-7-11-13(9)15-14-10(2)6-4-8-12(14)16-11;/h9-21H,1-8H3;3-8H,1-2H3;/q2*-1;. The quantitative estimate of drug-likeness (QED) is 0.127. The third kappa shape index (κ3) is 7.25. The molecule has 0 spiro atoms. The number of anilines is 2. The zero-order valence-corrected chi connectivity index (χ0v) is 31.2. The molecule has 0 amide bonds. The number of ether oxygens (including phenoxy) is 1. The molecule has 4 aromatic rings. The summed E-state index contributed by atoms with van der Waals surface area (Å²) >= 11 is 0. The largest absolute Gasteiger partial charge is 0.651 e. The van der Waals surface area contributed by atoms with Gasteiger partial charge in [0, 0.05) is 33.8 Å². The fourth-order valence-corrected chi connectivity index (χ4v) is 6.18. The van der Waals surface area contributed by atoms with Gasteiger partial charge in [-0.2, -0.15) is 0 Å². The Labute approximate surface area is 293 Å². The monoisotopic (exact) mass is 796 g/mol. The van der Waals surface area contributed by atoms with E-state index in [9.17, 15) is 0 Å². The Kier molecular flexibility index (Phi) is 11.5. The van der Waals surface area contributed by atoms with Gasteiger partial charge in [0.1, 0.15) is 11.5 Å². The van der Waals surface area contributed by atoms with E-state index in [4.69, 9.17) is 4.74 Å². The Hall–Kier alpha value is -3.44. The smallest absolute Gasteiger partial charge is 0.113 e. The molecule has 4 aromatic carbocycles. The number of nitrogens with zero attached hydrogens (tertiary/aromatic N) is 3. The zero-order chi connectivity index (χ0) is 32.4. The van der Waals surface area contributed by atoms with Crippen LogP contribution in [0.25, 0.3) is 5.32 Å². The van der Waals surface area contributed by atoms with E-state index in [0.717, 1.165) is 34.0 Å². The van der Waals surface area contributed by atoms with Crippen molar-refractivity contribution in [2.45, 2.75) is 92.9 Å². The predicted molar refractivity (Wildman–Crippen MR) is 193 cm³/mol. The van der Waals surface area contributed by atoms with Gasteiger partial charge in [-0.15, -0.1) is 6.67 Å². The summed E-state index contributed by atoms with van der Waals surface area (Å²) in [6, 6.07) is 25.5. The molecule has 46 heavy (non-hydrogen) atoms. The summed E-state index contributed by atoms with van der Waals surface area (Å²) in [5.74, 6) is 3.61. The SMILES string of the molecule is CC(C)c1cccc(C(C)C)c1N1C=CN(c2c(C(C)C)cccc2C(C)C)[CH-]1.Cc1cccc2c1[N-]c1c(C)cccc1O2.[Au]. The minimum atomic E-state index is 0. The van der Waals surface area contributed by atoms with E-state index >= 15 is 0 Å². The van der Waals surface area contributed by atoms with E-state index in [-0.39, 0.29) is 22.4 Å². The molecule has 2 heterocycles. The normalized spacial score (nSPS) is 13.3. The molecule has 1 radical (unpaired) electrons. The van der Waals surface area contributed by atoms with Gasteiger partial charge in [0.15, 0.2) is 0 Å². The number of para-hydroxylation sites is 4. The van der Waals surface area contributed by atoms with Gasteiger partial charge in [-0.3, -0.25) is 0 Å². The van der Waals surface area contributed by atoms with Gasteiger partial charge in [-0.25, -0.2) is 0 Å². The maximum Gasteiger partial charge on any atom is 0.113 e. The molecule has 0 unspecified atom stereocenters. The van der Waals surface area contributed by atoms with Crippen molar-refractivity contribution in [2.75, 3.05) is 9.80 Å². The second-order valence-electron chi connectivity index (χ2n) is 13.5. The number of rotatable bonds is 6. The van der Waals surface area contributed by atoms with E-state index in [1.54, 1.807) is 0 Å². The fourth-order valence-electron chi connectivity index (χ4n) is 6.18. The summed E-state index contributed by atoms with van der Waals surface area (Å²) in [5, 5.41) is 4.68. The second-order valence-corrected chi connectivity index (χ2v) is 13.5. The Morgan fingerprint density at radius 3 is 1.17 bits per heavy atom.